The standard InChI is InChI=1S/C31H37N3O3Si/c1-7-36-28(35)31(29(2,3)4,37-38(5)6)27-32-23-34(33-27)30(24-17-11-8-12-18-24,25-19-13-9-14-20-25)26-21-15-10-16-22-26/h8-23,38H,7H2,1-6H3. The molecule has 4 aromatic rings. The van der Waals surface area contributed by atoms with Crippen LogP contribution in [0.1, 0.15) is 50.2 Å². The Morgan fingerprint density at radius 3 is 1.63 bits per heavy atom. The minimum absolute atomic E-state index is 0.238. The highest BCUT2D eigenvalue weighted by molar-refractivity contribution is 6.48. The maximum atomic E-state index is 13.7. The lowest BCUT2D eigenvalue weighted by atomic mass is 9.75. The molecule has 0 aliphatic heterocycles. The van der Waals surface area contributed by atoms with Crippen molar-refractivity contribution in [3.63, 3.8) is 0 Å². The lowest BCUT2D eigenvalue weighted by Crippen LogP contribution is -2.53. The molecule has 1 unspecified atom stereocenters. The van der Waals surface area contributed by atoms with E-state index in [2.05, 4.69) is 36.4 Å². The fourth-order valence-electron chi connectivity index (χ4n) is 5.12. The molecule has 38 heavy (non-hydrogen) atoms. The molecule has 0 spiro atoms. The van der Waals surface area contributed by atoms with Gasteiger partial charge in [-0.15, -0.1) is 0 Å². The van der Waals surface area contributed by atoms with E-state index in [9.17, 15) is 4.79 Å². The molecule has 0 saturated carbocycles. The molecule has 0 amide bonds. The third-order valence-corrected chi connectivity index (χ3v) is 7.58. The van der Waals surface area contributed by atoms with E-state index in [4.69, 9.17) is 19.2 Å². The third-order valence-electron chi connectivity index (χ3n) is 6.76. The summed E-state index contributed by atoms with van der Waals surface area (Å²) in [5.41, 5.74) is 0.0893. The van der Waals surface area contributed by atoms with Crippen LogP contribution < -0.4 is 0 Å². The minimum atomic E-state index is -1.75. The van der Waals surface area contributed by atoms with Crippen LogP contribution in [0.4, 0.5) is 0 Å². The van der Waals surface area contributed by atoms with Crippen molar-refractivity contribution < 1.29 is 14.0 Å². The van der Waals surface area contributed by atoms with E-state index in [-0.39, 0.29) is 6.61 Å². The Morgan fingerprint density at radius 1 is 0.816 bits per heavy atom. The van der Waals surface area contributed by atoms with Gasteiger partial charge in [0.25, 0.3) is 0 Å². The van der Waals surface area contributed by atoms with Crippen LogP contribution in [0.2, 0.25) is 13.1 Å². The second-order valence-corrected chi connectivity index (χ2v) is 13.0. The predicted molar refractivity (Wildman–Crippen MR) is 152 cm³/mol. The van der Waals surface area contributed by atoms with Gasteiger partial charge in [-0.3, -0.25) is 0 Å². The Hall–Kier alpha value is -3.55. The summed E-state index contributed by atoms with van der Waals surface area (Å²) in [5, 5.41) is 5.11. The first-order chi connectivity index (χ1) is 18.2. The summed E-state index contributed by atoms with van der Waals surface area (Å²) in [6, 6.07) is 30.8. The highest BCUT2D eigenvalue weighted by Crippen LogP contribution is 2.45. The van der Waals surface area contributed by atoms with Crippen molar-refractivity contribution in [1.82, 2.24) is 14.8 Å². The van der Waals surface area contributed by atoms with E-state index in [1.165, 1.54) is 0 Å². The summed E-state index contributed by atoms with van der Waals surface area (Å²) in [4.78, 5) is 18.5. The van der Waals surface area contributed by atoms with Gasteiger partial charge in [-0.1, -0.05) is 112 Å². The Kier molecular flexibility index (Phi) is 7.99. The van der Waals surface area contributed by atoms with Gasteiger partial charge in [-0.05, 0) is 36.7 Å². The van der Waals surface area contributed by atoms with Crippen molar-refractivity contribution in [1.29, 1.82) is 0 Å². The molecule has 6 nitrogen and oxygen atoms in total. The quantitative estimate of drug-likeness (QED) is 0.153. The Labute approximate surface area is 227 Å². The molecule has 0 radical (unpaired) electrons. The van der Waals surface area contributed by atoms with Gasteiger partial charge < -0.3 is 9.16 Å². The first-order valence-electron chi connectivity index (χ1n) is 13.1. The lowest BCUT2D eigenvalue weighted by Gasteiger charge is -2.41. The molecule has 1 aromatic heterocycles. The summed E-state index contributed by atoms with van der Waals surface area (Å²) < 4.78 is 14.0. The van der Waals surface area contributed by atoms with Crippen LogP contribution in [-0.2, 0) is 25.1 Å². The second kappa shape index (κ2) is 11.1. The molecule has 0 aliphatic rings. The fourth-order valence-corrected chi connectivity index (χ4v) is 6.38. The highest BCUT2D eigenvalue weighted by Gasteiger charge is 2.56. The lowest BCUT2D eigenvalue weighted by molar-refractivity contribution is -0.177. The molecule has 4 rings (SSSR count). The molecular weight excluding hydrogens is 490 g/mol. The zero-order valence-electron chi connectivity index (χ0n) is 23.1. The molecule has 1 heterocycles. The average Bonchev–Trinajstić information content (AvgIpc) is 3.39. The SMILES string of the molecule is CCOC(=O)C(O[SiH](C)C)(c1ncn(C(c2ccccc2)(c2ccccc2)c2ccccc2)n1)C(C)(C)C. The second-order valence-electron chi connectivity index (χ2n) is 10.6. The van der Waals surface area contributed by atoms with E-state index in [0.717, 1.165) is 16.7 Å². The maximum Gasteiger partial charge on any atom is 0.346 e. The number of aromatic nitrogens is 3. The summed E-state index contributed by atoms with van der Waals surface area (Å²) in [7, 11) is -1.75. The van der Waals surface area contributed by atoms with Crippen molar-refractivity contribution in [3.05, 3.63) is 120 Å². The van der Waals surface area contributed by atoms with E-state index < -0.39 is 31.6 Å². The number of esters is 1. The molecule has 7 heteroatoms. The van der Waals surface area contributed by atoms with Gasteiger partial charge >= 0.3 is 5.97 Å². The summed E-state index contributed by atoms with van der Waals surface area (Å²) in [5.74, 6) is -0.159. The zero-order valence-corrected chi connectivity index (χ0v) is 24.2. The number of carbonyl (C=O) groups is 1. The van der Waals surface area contributed by atoms with Crippen molar-refractivity contribution in [3.8, 4) is 0 Å². The van der Waals surface area contributed by atoms with Crippen LogP contribution in [0.25, 0.3) is 0 Å². The number of hydrogen-bond donors (Lipinski definition) is 0. The van der Waals surface area contributed by atoms with Crippen molar-refractivity contribution in [2.75, 3.05) is 6.61 Å². The van der Waals surface area contributed by atoms with Crippen molar-refractivity contribution >= 4 is 15.0 Å². The predicted octanol–water partition coefficient (Wildman–Crippen LogP) is 5.92. The third kappa shape index (κ3) is 4.72. The first-order valence-corrected chi connectivity index (χ1v) is 15.9. The molecule has 0 bridgehead atoms. The first kappa shape index (κ1) is 27.5. The molecule has 198 valence electrons. The number of benzene rings is 3. The fraction of sp³-hybridized carbons (Fsp3) is 0.323. The molecule has 1 atom stereocenters. The van der Waals surface area contributed by atoms with E-state index >= 15 is 0 Å². The summed E-state index contributed by atoms with van der Waals surface area (Å²) in [6.07, 6.45) is 1.72. The normalized spacial score (nSPS) is 13.8. The van der Waals surface area contributed by atoms with E-state index in [0.29, 0.717) is 5.82 Å². The van der Waals surface area contributed by atoms with Crippen LogP contribution >= 0.6 is 0 Å². The zero-order chi connectivity index (χ0) is 27.4. The van der Waals surface area contributed by atoms with Crippen molar-refractivity contribution in [2.24, 2.45) is 5.41 Å². The molecule has 0 saturated heterocycles. The van der Waals surface area contributed by atoms with Crippen LogP contribution in [0, 0.1) is 5.41 Å². The van der Waals surface area contributed by atoms with Crippen LogP contribution in [0.3, 0.4) is 0 Å². The average molecular weight is 528 g/mol. The van der Waals surface area contributed by atoms with Gasteiger partial charge in [0.2, 0.25) is 5.60 Å². The van der Waals surface area contributed by atoms with E-state index in [1.807, 2.05) is 93.1 Å². The number of nitrogens with zero attached hydrogens (tertiary/aromatic N) is 3. The Balaban J connectivity index is 2.07. The van der Waals surface area contributed by atoms with Gasteiger partial charge in [-0.25, -0.2) is 14.5 Å². The maximum absolute atomic E-state index is 13.7. The molecule has 0 fully saturated rings. The number of ether oxygens (including phenoxy) is 1. The van der Waals surface area contributed by atoms with Gasteiger partial charge in [0.1, 0.15) is 11.9 Å². The minimum Gasteiger partial charge on any atom is -0.464 e. The molecular formula is C31H37N3O3Si. The topological polar surface area (TPSA) is 66.2 Å². The monoisotopic (exact) mass is 527 g/mol. The number of hydrogen-bond acceptors (Lipinski definition) is 5. The van der Waals surface area contributed by atoms with Crippen LogP contribution in [0.15, 0.2) is 97.3 Å². The van der Waals surface area contributed by atoms with Gasteiger partial charge in [0, 0.05) is 5.41 Å². The summed E-state index contributed by atoms with van der Waals surface area (Å²) in [6.45, 7) is 12.0. The smallest absolute Gasteiger partial charge is 0.346 e. The van der Waals surface area contributed by atoms with Crippen molar-refractivity contribution in [2.45, 2.75) is 51.9 Å². The highest BCUT2D eigenvalue weighted by atomic mass is 28.3. The molecule has 3 aromatic carbocycles. The summed E-state index contributed by atoms with van der Waals surface area (Å²) >= 11 is 0. The van der Waals surface area contributed by atoms with Crippen LogP contribution in [-0.4, -0.2) is 36.4 Å². The van der Waals surface area contributed by atoms with Gasteiger partial charge in [0.05, 0.1) is 6.61 Å². The number of carbonyl (C=O) groups excluding carboxylic acids is 1. The molecule has 0 N–H and O–H groups in total. The van der Waals surface area contributed by atoms with E-state index in [1.54, 1.807) is 13.3 Å². The molecule has 0 aliphatic carbocycles. The van der Waals surface area contributed by atoms with Gasteiger partial charge in [0.15, 0.2) is 14.9 Å². The largest absolute Gasteiger partial charge is 0.464 e. The Bertz CT molecular complexity index is 1240. The Morgan fingerprint density at radius 2 is 1.26 bits per heavy atom. The van der Waals surface area contributed by atoms with Gasteiger partial charge in [-0.2, -0.15) is 5.10 Å². The number of rotatable bonds is 9. The van der Waals surface area contributed by atoms with Crippen LogP contribution in [0.5, 0.6) is 0 Å².